The van der Waals surface area contributed by atoms with E-state index in [9.17, 15) is 14.4 Å². The van der Waals surface area contributed by atoms with Crippen LogP contribution in [0.3, 0.4) is 0 Å². The number of hydrogen-bond donors (Lipinski definition) is 0. The number of hydrogen-bond acceptors (Lipinski definition) is 7. The van der Waals surface area contributed by atoms with Gasteiger partial charge < -0.3 is 14.4 Å². The molecule has 1 saturated heterocycles. The average Bonchev–Trinajstić information content (AvgIpc) is 2.72. The summed E-state index contributed by atoms with van der Waals surface area (Å²) in [6.45, 7) is 5.74. The van der Waals surface area contributed by atoms with Crippen molar-refractivity contribution >= 4 is 28.9 Å². The molecule has 0 bridgehead atoms. The van der Waals surface area contributed by atoms with Gasteiger partial charge in [-0.15, -0.1) is 0 Å². The van der Waals surface area contributed by atoms with Crippen molar-refractivity contribution in [1.82, 2.24) is 14.9 Å². The van der Waals surface area contributed by atoms with Crippen LogP contribution in [0.2, 0.25) is 0 Å². The van der Waals surface area contributed by atoms with Gasteiger partial charge in [0.15, 0.2) is 6.61 Å². The fourth-order valence-electron chi connectivity index (χ4n) is 3.36. The Hall–Kier alpha value is -3.03. The molecule has 29 heavy (non-hydrogen) atoms. The highest BCUT2D eigenvalue weighted by molar-refractivity contribution is 5.95. The van der Waals surface area contributed by atoms with E-state index in [2.05, 4.69) is 9.97 Å². The molecule has 0 spiro atoms. The van der Waals surface area contributed by atoms with E-state index in [0.717, 1.165) is 24.2 Å². The number of carbonyl (C=O) groups excluding carboxylic acids is 3. The number of ether oxygens (including phenoxy) is 2. The molecule has 1 aromatic heterocycles. The van der Waals surface area contributed by atoms with Crippen LogP contribution in [0.15, 0.2) is 18.2 Å². The van der Waals surface area contributed by atoms with E-state index in [1.54, 1.807) is 25.1 Å². The van der Waals surface area contributed by atoms with Crippen LogP contribution >= 0.6 is 0 Å². The summed E-state index contributed by atoms with van der Waals surface area (Å²) in [7, 11) is 0. The summed E-state index contributed by atoms with van der Waals surface area (Å²) in [5.41, 5.74) is 3.19. The van der Waals surface area contributed by atoms with Crippen LogP contribution < -0.4 is 0 Å². The summed E-state index contributed by atoms with van der Waals surface area (Å²) in [5.74, 6) is -1.43. The maximum atomic E-state index is 12.6. The van der Waals surface area contributed by atoms with Crippen molar-refractivity contribution in [3.05, 3.63) is 35.2 Å². The number of fused-ring (bicyclic) bond motifs is 1. The predicted molar refractivity (Wildman–Crippen MR) is 105 cm³/mol. The summed E-state index contributed by atoms with van der Waals surface area (Å²) in [5, 5.41) is 0. The normalized spacial score (nSPS) is 16.5. The lowest BCUT2D eigenvalue weighted by Gasteiger charge is -2.33. The Balaban J connectivity index is 1.66. The Bertz CT molecular complexity index is 943. The van der Waals surface area contributed by atoms with Crippen LogP contribution in [-0.4, -0.2) is 58.5 Å². The molecule has 0 aliphatic carbocycles. The summed E-state index contributed by atoms with van der Waals surface area (Å²) in [6.07, 6.45) is 2.21. The maximum absolute atomic E-state index is 12.6. The molecule has 0 N–H and O–H groups in total. The first-order valence-electron chi connectivity index (χ1n) is 9.79. The van der Waals surface area contributed by atoms with Crippen LogP contribution in [0.1, 0.15) is 47.9 Å². The molecule has 1 fully saturated rings. The van der Waals surface area contributed by atoms with Crippen molar-refractivity contribution in [1.29, 1.82) is 0 Å². The second-order valence-electron chi connectivity index (χ2n) is 7.02. The molecule has 3 rings (SSSR count). The highest BCUT2D eigenvalue weighted by atomic mass is 16.5. The lowest BCUT2D eigenvalue weighted by molar-refractivity contribution is -0.157. The van der Waals surface area contributed by atoms with Gasteiger partial charge >= 0.3 is 11.9 Å². The predicted octanol–water partition coefficient (Wildman–Crippen LogP) is 2.35. The second kappa shape index (κ2) is 8.98. The summed E-state index contributed by atoms with van der Waals surface area (Å²) < 4.78 is 10.3. The Morgan fingerprint density at radius 2 is 1.79 bits per heavy atom. The molecule has 1 aliphatic heterocycles. The van der Waals surface area contributed by atoms with Gasteiger partial charge in [0.05, 0.1) is 34.6 Å². The third-order valence-electron chi connectivity index (χ3n) is 5.02. The van der Waals surface area contributed by atoms with Crippen molar-refractivity contribution in [2.24, 2.45) is 0 Å². The lowest BCUT2D eigenvalue weighted by Crippen LogP contribution is -2.50. The quantitative estimate of drug-likeness (QED) is 0.712. The third kappa shape index (κ3) is 4.70. The molecule has 8 nitrogen and oxygen atoms in total. The van der Waals surface area contributed by atoms with Crippen LogP contribution in [-0.2, 0) is 19.1 Å². The van der Waals surface area contributed by atoms with E-state index in [4.69, 9.17) is 9.47 Å². The van der Waals surface area contributed by atoms with Gasteiger partial charge in [-0.2, -0.15) is 0 Å². The minimum atomic E-state index is -0.620. The van der Waals surface area contributed by atoms with Crippen LogP contribution in [0.5, 0.6) is 0 Å². The molecule has 154 valence electrons. The number of aryl methyl sites for hydroxylation is 2. The summed E-state index contributed by atoms with van der Waals surface area (Å²) in [6, 6.07) is 4.29. The van der Waals surface area contributed by atoms with E-state index >= 15 is 0 Å². The standard InChI is InChI=1S/C21H25N3O5/c1-4-28-21(27)18-7-5-6-10-24(18)19(25)12-29-20(26)15-8-9-16-17(11-15)23-14(3)13(2)22-16/h8-9,11,18H,4-7,10,12H2,1-3H3/t18-/m1/s1. The fourth-order valence-corrected chi connectivity index (χ4v) is 3.36. The molecule has 0 saturated carbocycles. The monoisotopic (exact) mass is 399 g/mol. The van der Waals surface area contributed by atoms with Gasteiger partial charge in [0.1, 0.15) is 6.04 Å². The molecule has 1 atom stereocenters. The smallest absolute Gasteiger partial charge is 0.338 e. The number of benzene rings is 1. The number of rotatable bonds is 5. The maximum Gasteiger partial charge on any atom is 0.338 e. The van der Waals surface area contributed by atoms with E-state index in [1.807, 2.05) is 13.8 Å². The van der Waals surface area contributed by atoms with Crippen molar-refractivity contribution in [3.63, 3.8) is 0 Å². The number of esters is 2. The van der Waals surface area contributed by atoms with Gasteiger partial charge in [-0.05, 0) is 58.2 Å². The number of nitrogens with zero attached hydrogens (tertiary/aromatic N) is 3. The van der Waals surface area contributed by atoms with Crippen molar-refractivity contribution in [3.8, 4) is 0 Å². The van der Waals surface area contributed by atoms with Gasteiger partial charge in [0.25, 0.3) is 5.91 Å². The van der Waals surface area contributed by atoms with Crippen LogP contribution in [0, 0.1) is 13.8 Å². The zero-order valence-corrected chi connectivity index (χ0v) is 16.9. The molecule has 0 radical (unpaired) electrons. The van der Waals surface area contributed by atoms with Gasteiger partial charge in [-0.1, -0.05) is 0 Å². The SMILES string of the molecule is CCOC(=O)[C@H]1CCCCN1C(=O)COC(=O)c1ccc2nc(C)c(C)nc2c1. The third-order valence-corrected chi connectivity index (χ3v) is 5.02. The number of likely N-dealkylation sites (tertiary alicyclic amines) is 1. The fraction of sp³-hybridized carbons (Fsp3) is 0.476. The van der Waals surface area contributed by atoms with Crippen LogP contribution in [0.4, 0.5) is 0 Å². The molecule has 1 aliphatic rings. The molecular formula is C21H25N3O5. The van der Waals surface area contributed by atoms with E-state index in [0.29, 0.717) is 29.6 Å². The average molecular weight is 399 g/mol. The van der Waals surface area contributed by atoms with Crippen molar-refractivity contribution < 1.29 is 23.9 Å². The van der Waals surface area contributed by atoms with Gasteiger partial charge in [-0.25, -0.2) is 19.6 Å². The Labute approximate surface area is 169 Å². The number of carbonyl (C=O) groups is 3. The first kappa shape index (κ1) is 20.7. The van der Waals surface area contributed by atoms with Gasteiger partial charge in [0, 0.05) is 6.54 Å². The molecule has 2 aromatic rings. The van der Waals surface area contributed by atoms with E-state index in [1.165, 1.54) is 4.90 Å². The highest BCUT2D eigenvalue weighted by Gasteiger charge is 2.33. The number of aromatic nitrogens is 2. The topological polar surface area (TPSA) is 98.7 Å². The zero-order chi connectivity index (χ0) is 21.0. The van der Waals surface area contributed by atoms with Crippen LogP contribution in [0.25, 0.3) is 11.0 Å². The van der Waals surface area contributed by atoms with Gasteiger partial charge in [-0.3, -0.25) is 4.79 Å². The summed E-state index contributed by atoms with van der Waals surface area (Å²) >= 11 is 0. The first-order valence-corrected chi connectivity index (χ1v) is 9.79. The largest absolute Gasteiger partial charge is 0.464 e. The molecule has 0 unspecified atom stereocenters. The Morgan fingerprint density at radius 1 is 1.07 bits per heavy atom. The molecule has 2 heterocycles. The minimum Gasteiger partial charge on any atom is -0.464 e. The Morgan fingerprint density at radius 3 is 2.52 bits per heavy atom. The molecular weight excluding hydrogens is 374 g/mol. The van der Waals surface area contributed by atoms with E-state index in [-0.39, 0.29) is 6.61 Å². The number of piperidine rings is 1. The first-order chi connectivity index (χ1) is 13.9. The minimum absolute atomic E-state index is 0.260. The second-order valence-corrected chi connectivity index (χ2v) is 7.02. The molecule has 1 amide bonds. The Kier molecular flexibility index (Phi) is 6.41. The molecule has 1 aromatic carbocycles. The number of amides is 1. The van der Waals surface area contributed by atoms with Gasteiger partial charge in [0.2, 0.25) is 0 Å². The molecule has 8 heteroatoms. The van der Waals surface area contributed by atoms with Crippen molar-refractivity contribution in [2.75, 3.05) is 19.8 Å². The summed E-state index contributed by atoms with van der Waals surface area (Å²) in [4.78, 5) is 47.4. The van der Waals surface area contributed by atoms with E-state index < -0.39 is 30.5 Å². The lowest BCUT2D eigenvalue weighted by atomic mass is 10.0. The zero-order valence-electron chi connectivity index (χ0n) is 16.9. The highest BCUT2D eigenvalue weighted by Crippen LogP contribution is 2.19. The van der Waals surface area contributed by atoms with Crippen molar-refractivity contribution in [2.45, 2.75) is 46.1 Å².